The van der Waals surface area contributed by atoms with Crippen LogP contribution in [0.2, 0.25) is 0 Å². The summed E-state index contributed by atoms with van der Waals surface area (Å²) in [6, 6.07) is 0. The highest BCUT2D eigenvalue weighted by Crippen LogP contribution is 2.07. The van der Waals surface area contributed by atoms with Gasteiger partial charge >= 0.3 is 0 Å². The molecule has 1 heterocycles. The first kappa shape index (κ1) is 15.9. The fourth-order valence-electron chi connectivity index (χ4n) is 2.37. The molecule has 4 heteroatoms. The largest absolute Gasteiger partial charge is 0.376 e. The van der Waals surface area contributed by atoms with Crippen molar-refractivity contribution < 1.29 is 4.74 Å². The molecular formula is C14H31N3O. The summed E-state index contributed by atoms with van der Waals surface area (Å²) >= 11 is 0. The molecule has 1 aliphatic heterocycles. The molecule has 0 saturated carbocycles. The van der Waals surface area contributed by atoms with E-state index in [1.165, 1.54) is 0 Å². The quantitative estimate of drug-likeness (QED) is 0.624. The summed E-state index contributed by atoms with van der Waals surface area (Å²) in [7, 11) is 0. The van der Waals surface area contributed by atoms with Crippen LogP contribution in [-0.2, 0) is 4.74 Å². The summed E-state index contributed by atoms with van der Waals surface area (Å²) < 4.78 is 5.68. The normalized spacial score (nSPS) is 21.7. The van der Waals surface area contributed by atoms with Gasteiger partial charge in [0, 0.05) is 39.3 Å². The van der Waals surface area contributed by atoms with Crippen LogP contribution in [0.4, 0.5) is 0 Å². The highest BCUT2D eigenvalue weighted by atomic mass is 16.5. The van der Waals surface area contributed by atoms with Crippen molar-refractivity contribution >= 4 is 0 Å². The van der Waals surface area contributed by atoms with Crippen molar-refractivity contribution in [2.24, 2.45) is 0 Å². The third kappa shape index (κ3) is 6.14. The van der Waals surface area contributed by atoms with Crippen molar-refractivity contribution in [2.75, 3.05) is 59.0 Å². The van der Waals surface area contributed by atoms with Crippen LogP contribution in [0.3, 0.4) is 0 Å². The van der Waals surface area contributed by atoms with Crippen molar-refractivity contribution in [1.82, 2.24) is 15.1 Å². The van der Waals surface area contributed by atoms with E-state index in [1.54, 1.807) is 0 Å². The standard InChI is InChI=1S/C14H31N3O/c1-4-14-13-17(11-12-18-14)10-8-15-7-9-16(5-2)6-3/h14-15H,4-13H2,1-3H3. The summed E-state index contributed by atoms with van der Waals surface area (Å²) in [4.78, 5) is 4.97. The average Bonchev–Trinajstić information content (AvgIpc) is 2.43. The third-order valence-electron chi connectivity index (χ3n) is 3.78. The van der Waals surface area contributed by atoms with E-state index >= 15 is 0 Å². The molecule has 0 radical (unpaired) electrons. The molecule has 1 unspecified atom stereocenters. The lowest BCUT2D eigenvalue weighted by Crippen LogP contribution is -2.45. The van der Waals surface area contributed by atoms with Gasteiger partial charge in [-0.15, -0.1) is 0 Å². The van der Waals surface area contributed by atoms with Crippen molar-refractivity contribution in [3.63, 3.8) is 0 Å². The number of nitrogens with one attached hydrogen (secondary N) is 1. The van der Waals surface area contributed by atoms with Crippen LogP contribution in [-0.4, -0.2) is 74.9 Å². The van der Waals surface area contributed by atoms with E-state index in [-0.39, 0.29) is 0 Å². The number of rotatable bonds is 9. The van der Waals surface area contributed by atoms with Crippen LogP contribution >= 0.6 is 0 Å². The molecule has 1 saturated heterocycles. The average molecular weight is 257 g/mol. The van der Waals surface area contributed by atoms with Gasteiger partial charge < -0.3 is 15.0 Å². The van der Waals surface area contributed by atoms with Crippen molar-refractivity contribution in [3.8, 4) is 0 Å². The molecular weight excluding hydrogens is 226 g/mol. The Hall–Kier alpha value is -0.160. The highest BCUT2D eigenvalue weighted by molar-refractivity contribution is 4.71. The highest BCUT2D eigenvalue weighted by Gasteiger charge is 2.17. The van der Waals surface area contributed by atoms with E-state index < -0.39 is 0 Å². The molecule has 4 nitrogen and oxygen atoms in total. The molecule has 0 aromatic carbocycles. The molecule has 1 aliphatic rings. The summed E-state index contributed by atoms with van der Waals surface area (Å²) in [5.41, 5.74) is 0. The maximum Gasteiger partial charge on any atom is 0.0700 e. The molecule has 1 atom stereocenters. The minimum absolute atomic E-state index is 0.453. The Kier molecular flexibility index (Phi) is 8.59. The predicted octanol–water partition coefficient (Wildman–Crippen LogP) is 1.03. The van der Waals surface area contributed by atoms with Gasteiger partial charge in [-0.3, -0.25) is 4.90 Å². The van der Waals surface area contributed by atoms with E-state index in [2.05, 4.69) is 35.9 Å². The molecule has 0 aromatic rings. The van der Waals surface area contributed by atoms with Gasteiger partial charge in [-0.2, -0.15) is 0 Å². The second-order valence-corrected chi connectivity index (χ2v) is 4.98. The van der Waals surface area contributed by atoms with Gasteiger partial charge in [0.2, 0.25) is 0 Å². The Morgan fingerprint density at radius 3 is 2.67 bits per heavy atom. The van der Waals surface area contributed by atoms with Crippen molar-refractivity contribution in [3.05, 3.63) is 0 Å². The first-order valence-corrected chi connectivity index (χ1v) is 7.57. The topological polar surface area (TPSA) is 27.7 Å². The number of likely N-dealkylation sites (N-methyl/N-ethyl adjacent to an activating group) is 1. The maximum atomic E-state index is 5.68. The van der Waals surface area contributed by atoms with Crippen LogP contribution in [0.15, 0.2) is 0 Å². The van der Waals surface area contributed by atoms with Crippen LogP contribution < -0.4 is 5.32 Å². The number of morpholine rings is 1. The van der Waals surface area contributed by atoms with E-state index in [0.717, 1.165) is 65.4 Å². The zero-order valence-corrected chi connectivity index (χ0v) is 12.5. The van der Waals surface area contributed by atoms with Crippen molar-refractivity contribution in [1.29, 1.82) is 0 Å². The fraction of sp³-hybridized carbons (Fsp3) is 1.00. The van der Waals surface area contributed by atoms with Gasteiger partial charge in [0.15, 0.2) is 0 Å². The predicted molar refractivity (Wildman–Crippen MR) is 77.1 cm³/mol. The molecule has 1 fully saturated rings. The van der Waals surface area contributed by atoms with Crippen LogP contribution in [0.25, 0.3) is 0 Å². The van der Waals surface area contributed by atoms with E-state index in [4.69, 9.17) is 4.74 Å². The maximum absolute atomic E-state index is 5.68. The van der Waals surface area contributed by atoms with E-state index in [9.17, 15) is 0 Å². The Morgan fingerprint density at radius 2 is 2.00 bits per heavy atom. The Morgan fingerprint density at radius 1 is 1.22 bits per heavy atom. The zero-order valence-electron chi connectivity index (χ0n) is 12.5. The molecule has 1 N–H and O–H groups in total. The fourth-order valence-corrected chi connectivity index (χ4v) is 2.37. The van der Waals surface area contributed by atoms with Crippen LogP contribution in [0, 0.1) is 0 Å². The Bertz CT molecular complexity index is 197. The third-order valence-corrected chi connectivity index (χ3v) is 3.78. The molecule has 0 aliphatic carbocycles. The summed E-state index contributed by atoms with van der Waals surface area (Å²) in [5, 5.41) is 3.54. The van der Waals surface area contributed by atoms with Gasteiger partial charge in [-0.05, 0) is 19.5 Å². The van der Waals surface area contributed by atoms with E-state index in [1.807, 2.05) is 0 Å². The minimum atomic E-state index is 0.453. The second-order valence-electron chi connectivity index (χ2n) is 4.98. The van der Waals surface area contributed by atoms with Gasteiger partial charge in [-0.1, -0.05) is 20.8 Å². The second kappa shape index (κ2) is 9.73. The molecule has 1 rings (SSSR count). The lowest BCUT2D eigenvalue weighted by Gasteiger charge is -2.32. The smallest absolute Gasteiger partial charge is 0.0700 e. The SMILES string of the molecule is CCC1CN(CCNCCN(CC)CC)CCO1. The summed E-state index contributed by atoms with van der Waals surface area (Å²) in [5.74, 6) is 0. The van der Waals surface area contributed by atoms with Gasteiger partial charge in [0.1, 0.15) is 0 Å². The van der Waals surface area contributed by atoms with Gasteiger partial charge in [0.05, 0.1) is 12.7 Å². The summed E-state index contributed by atoms with van der Waals surface area (Å²) in [6.07, 6.45) is 1.58. The summed E-state index contributed by atoms with van der Waals surface area (Å²) in [6.45, 7) is 16.6. The lowest BCUT2D eigenvalue weighted by molar-refractivity contribution is -0.0290. The number of hydrogen-bond acceptors (Lipinski definition) is 4. The number of hydrogen-bond donors (Lipinski definition) is 1. The number of ether oxygens (including phenoxy) is 1. The van der Waals surface area contributed by atoms with Crippen LogP contribution in [0.5, 0.6) is 0 Å². The molecule has 0 bridgehead atoms. The van der Waals surface area contributed by atoms with Crippen LogP contribution in [0.1, 0.15) is 27.2 Å². The Balaban J connectivity index is 2.00. The first-order valence-electron chi connectivity index (χ1n) is 7.57. The molecule has 108 valence electrons. The van der Waals surface area contributed by atoms with Gasteiger partial charge in [-0.25, -0.2) is 0 Å². The van der Waals surface area contributed by atoms with E-state index in [0.29, 0.717) is 6.10 Å². The molecule has 0 spiro atoms. The zero-order chi connectivity index (χ0) is 13.2. The monoisotopic (exact) mass is 257 g/mol. The molecule has 18 heavy (non-hydrogen) atoms. The lowest BCUT2D eigenvalue weighted by atomic mass is 10.2. The Labute approximate surface area is 113 Å². The minimum Gasteiger partial charge on any atom is -0.376 e. The van der Waals surface area contributed by atoms with Crippen molar-refractivity contribution in [2.45, 2.75) is 33.3 Å². The molecule has 0 amide bonds. The first-order chi connectivity index (χ1) is 8.80. The molecule has 0 aromatic heterocycles. The van der Waals surface area contributed by atoms with Gasteiger partial charge in [0.25, 0.3) is 0 Å². The number of nitrogens with zero attached hydrogens (tertiary/aromatic N) is 2.